The maximum atomic E-state index is 12.8. The normalized spacial score (nSPS) is 16.2. The van der Waals surface area contributed by atoms with Crippen LogP contribution in [0.4, 0.5) is 4.79 Å². The average molecular weight is 467 g/mol. The third-order valence-corrected chi connectivity index (χ3v) is 6.56. The van der Waals surface area contributed by atoms with Crippen molar-refractivity contribution in [3.05, 3.63) is 59.7 Å². The zero-order valence-corrected chi connectivity index (χ0v) is 19.4. The molecule has 2 aliphatic carbocycles. The van der Waals surface area contributed by atoms with Gasteiger partial charge in [-0.3, -0.25) is 4.79 Å². The second-order valence-electron chi connectivity index (χ2n) is 8.81. The van der Waals surface area contributed by atoms with E-state index in [0.29, 0.717) is 0 Å². The number of carbonyl (C=O) groups is 3. The van der Waals surface area contributed by atoms with Crippen molar-refractivity contribution in [2.45, 2.75) is 50.3 Å². The summed E-state index contributed by atoms with van der Waals surface area (Å²) in [5.41, 5.74) is 4.57. The molecule has 0 aliphatic heterocycles. The van der Waals surface area contributed by atoms with E-state index >= 15 is 0 Å². The smallest absolute Gasteiger partial charge is 0.407 e. The predicted molar refractivity (Wildman–Crippen MR) is 125 cm³/mol. The third-order valence-electron chi connectivity index (χ3n) is 6.56. The Morgan fingerprint density at radius 1 is 1.06 bits per heavy atom. The van der Waals surface area contributed by atoms with Crippen LogP contribution in [0.25, 0.3) is 11.1 Å². The van der Waals surface area contributed by atoms with E-state index in [9.17, 15) is 19.5 Å². The van der Waals surface area contributed by atoms with Crippen LogP contribution >= 0.6 is 0 Å². The molecular formula is C26H30N2O6. The Morgan fingerprint density at radius 3 is 2.18 bits per heavy atom. The van der Waals surface area contributed by atoms with Crippen molar-refractivity contribution < 1.29 is 29.0 Å². The zero-order valence-electron chi connectivity index (χ0n) is 19.4. The summed E-state index contributed by atoms with van der Waals surface area (Å²) in [4.78, 5) is 38.0. The highest BCUT2D eigenvalue weighted by molar-refractivity contribution is 5.84. The third kappa shape index (κ3) is 5.07. The molecule has 0 heterocycles. The van der Waals surface area contributed by atoms with Crippen molar-refractivity contribution in [3.8, 4) is 11.1 Å². The van der Waals surface area contributed by atoms with E-state index in [1.807, 2.05) is 24.3 Å². The van der Waals surface area contributed by atoms with Crippen LogP contribution in [0, 0.1) is 0 Å². The van der Waals surface area contributed by atoms with Crippen molar-refractivity contribution in [2.75, 3.05) is 20.3 Å². The Hall–Kier alpha value is -3.39. The number of hydrogen-bond donors (Lipinski definition) is 2. The topological polar surface area (TPSA) is 105 Å². The number of methoxy groups -OCH3 is 1. The van der Waals surface area contributed by atoms with E-state index in [2.05, 4.69) is 29.6 Å². The van der Waals surface area contributed by atoms with Gasteiger partial charge in [-0.25, -0.2) is 9.59 Å². The van der Waals surface area contributed by atoms with Gasteiger partial charge in [-0.15, -0.1) is 0 Å². The van der Waals surface area contributed by atoms with E-state index < -0.39 is 24.2 Å². The Balaban J connectivity index is 1.30. The number of rotatable bonds is 10. The van der Waals surface area contributed by atoms with E-state index in [1.54, 1.807) is 0 Å². The average Bonchev–Trinajstić information content (AvgIpc) is 3.62. The van der Waals surface area contributed by atoms with Gasteiger partial charge < -0.3 is 24.8 Å². The molecule has 1 fully saturated rings. The first-order chi connectivity index (χ1) is 16.4. The molecule has 2 aliphatic rings. The number of carboxylic acid groups (broad SMARTS) is 1. The van der Waals surface area contributed by atoms with Gasteiger partial charge in [0.15, 0.2) is 0 Å². The minimum absolute atomic E-state index is 0.0196. The van der Waals surface area contributed by atoms with Crippen molar-refractivity contribution in [2.24, 2.45) is 0 Å². The molecule has 0 saturated heterocycles. The van der Waals surface area contributed by atoms with Gasteiger partial charge >= 0.3 is 12.1 Å². The van der Waals surface area contributed by atoms with E-state index in [0.717, 1.165) is 35.1 Å². The number of nitrogens with zero attached hydrogens (tertiary/aromatic N) is 1. The highest BCUT2D eigenvalue weighted by atomic mass is 16.5. The second kappa shape index (κ2) is 10.3. The summed E-state index contributed by atoms with van der Waals surface area (Å²) < 4.78 is 10.9. The number of benzene rings is 2. The molecule has 0 aromatic heterocycles. The Kier molecular flexibility index (Phi) is 7.17. The van der Waals surface area contributed by atoms with Gasteiger partial charge in [0, 0.05) is 25.6 Å². The summed E-state index contributed by atoms with van der Waals surface area (Å²) >= 11 is 0. The molecule has 2 atom stereocenters. The van der Waals surface area contributed by atoms with Crippen LogP contribution in [0.1, 0.15) is 43.2 Å². The number of amides is 2. The largest absolute Gasteiger partial charge is 0.480 e. The molecule has 2 aromatic rings. The molecule has 2 amide bonds. The minimum Gasteiger partial charge on any atom is -0.480 e. The number of carbonyl (C=O) groups excluding carboxylic acids is 2. The first-order valence-corrected chi connectivity index (χ1v) is 11.6. The quantitative estimate of drug-likeness (QED) is 0.556. The molecule has 4 rings (SSSR count). The van der Waals surface area contributed by atoms with Crippen molar-refractivity contribution in [3.63, 3.8) is 0 Å². The highest BCUT2D eigenvalue weighted by Gasteiger charge is 2.39. The Morgan fingerprint density at radius 2 is 1.65 bits per heavy atom. The van der Waals surface area contributed by atoms with Gasteiger partial charge in [-0.05, 0) is 42.0 Å². The lowest BCUT2D eigenvalue weighted by molar-refractivity contribution is -0.151. The first-order valence-electron chi connectivity index (χ1n) is 11.6. The summed E-state index contributed by atoms with van der Waals surface area (Å²) in [6.45, 7) is 1.79. The number of aliphatic carboxylic acids is 1. The van der Waals surface area contributed by atoms with E-state index in [4.69, 9.17) is 9.47 Å². The molecule has 2 aromatic carbocycles. The standard InChI is InChI=1S/C26H30N2O6/c1-16(25(30)31)28(17-11-12-17)24(29)13-18(33-2)14-27-26(32)34-15-23-21-9-5-3-7-19(21)20-8-4-6-10-22(20)23/h3-10,16-18,23H,11-15H2,1-2H3,(H,27,32)(H,30,31). The van der Waals surface area contributed by atoms with E-state index in [-0.39, 0.29) is 37.4 Å². The number of nitrogens with one attached hydrogen (secondary N) is 1. The summed E-state index contributed by atoms with van der Waals surface area (Å²) in [5, 5.41) is 12.0. The molecule has 8 nitrogen and oxygen atoms in total. The highest BCUT2D eigenvalue weighted by Crippen LogP contribution is 2.44. The molecule has 1 saturated carbocycles. The lowest BCUT2D eigenvalue weighted by atomic mass is 9.98. The molecule has 0 bridgehead atoms. The predicted octanol–water partition coefficient (Wildman–Crippen LogP) is 3.39. The number of ether oxygens (including phenoxy) is 2. The van der Waals surface area contributed by atoms with Crippen LogP contribution in [-0.4, -0.2) is 66.4 Å². The molecule has 0 radical (unpaired) electrons. The number of carboxylic acids is 1. The fourth-order valence-corrected chi connectivity index (χ4v) is 4.59. The maximum Gasteiger partial charge on any atom is 0.407 e. The molecule has 180 valence electrons. The van der Waals surface area contributed by atoms with Crippen molar-refractivity contribution in [1.29, 1.82) is 0 Å². The number of alkyl carbamates (subject to hydrolysis) is 1. The molecule has 0 spiro atoms. The van der Waals surface area contributed by atoms with Gasteiger partial charge in [-0.2, -0.15) is 0 Å². The van der Waals surface area contributed by atoms with Crippen LogP contribution in [-0.2, 0) is 19.1 Å². The molecule has 2 N–H and O–H groups in total. The lowest BCUT2D eigenvalue weighted by Crippen LogP contribution is -2.47. The van der Waals surface area contributed by atoms with Gasteiger partial charge in [-0.1, -0.05) is 48.5 Å². The summed E-state index contributed by atoms with van der Waals surface area (Å²) in [6, 6.07) is 15.3. The van der Waals surface area contributed by atoms with Gasteiger partial charge in [0.05, 0.1) is 12.5 Å². The summed E-state index contributed by atoms with van der Waals surface area (Å²) in [6.07, 6.45) is 0.413. The number of hydrogen-bond acceptors (Lipinski definition) is 5. The van der Waals surface area contributed by atoms with Crippen LogP contribution in [0.2, 0.25) is 0 Å². The van der Waals surface area contributed by atoms with Crippen LogP contribution in [0.3, 0.4) is 0 Å². The summed E-state index contributed by atoms with van der Waals surface area (Å²) in [5.74, 6) is -1.37. The monoisotopic (exact) mass is 466 g/mol. The van der Waals surface area contributed by atoms with Crippen LogP contribution in [0.15, 0.2) is 48.5 Å². The zero-order chi connectivity index (χ0) is 24.2. The SMILES string of the molecule is COC(CNC(=O)OCC1c2ccccc2-c2ccccc21)CC(=O)N(C1CC1)C(C)C(=O)O. The van der Waals surface area contributed by atoms with Crippen molar-refractivity contribution in [1.82, 2.24) is 10.2 Å². The van der Waals surface area contributed by atoms with Crippen molar-refractivity contribution >= 4 is 18.0 Å². The Labute approximate surface area is 198 Å². The first kappa shape index (κ1) is 23.8. The van der Waals surface area contributed by atoms with Gasteiger partial charge in [0.25, 0.3) is 0 Å². The lowest BCUT2D eigenvalue weighted by Gasteiger charge is -2.28. The summed E-state index contributed by atoms with van der Waals surface area (Å²) in [7, 11) is 1.46. The fraction of sp³-hybridized carbons (Fsp3) is 0.423. The van der Waals surface area contributed by atoms with Crippen LogP contribution in [0.5, 0.6) is 0 Å². The number of fused-ring (bicyclic) bond motifs is 3. The van der Waals surface area contributed by atoms with Crippen LogP contribution < -0.4 is 5.32 Å². The van der Waals surface area contributed by atoms with E-state index in [1.165, 1.54) is 18.9 Å². The molecule has 8 heteroatoms. The second-order valence-corrected chi connectivity index (χ2v) is 8.81. The fourth-order valence-electron chi connectivity index (χ4n) is 4.59. The maximum absolute atomic E-state index is 12.8. The van der Waals surface area contributed by atoms with Gasteiger partial charge in [0.2, 0.25) is 5.91 Å². The molecule has 2 unspecified atom stereocenters. The molecule has 34 heavy (non-hydrogen) atoms. The minimum atomic E-state index is -1.04. The Bertz CT molecular complexity index is 1020. The molecular weight excluding hydrogens is 436 g/mol. The van der Waals surface area contributed by atoms with Gasteiger partial charge in [0.1, 0.15) is 12.6 Å².